The summed E-state index contributed by atoms with van der Waals surface area (Å²) in [5, 5.41) is 0. The minimum Gasteiger partial charge on any atom is -0.495 e. The molecule has 196 valence electrons. The van der Waals surface area contributed by atoms with Gasteiger partial charge >= 0.3 is 0 Å². The van der Waals surface area contributed by atoms with E-state index >= 15 is 0 Å². The number of pyridine rings is 1. The molecule has 38 heavy (non-hydrogen) atoms. The molecule has 0 aliphatic carbocycles. The molecule has 0 radical (unpaired) electrons. The Balaban J connectivity index is 1.53. The molecule has 7 nitrogen and oxygen atoms in total. The van der Waals surface area contributed by atoms with Gasteiger partial charge in [-0.05, 0) is 47.4 Å². The van der Waals surface area contributed by atoms with E-state index in [0.717, 1.165) is 27.9 Å². The molecule has 0 fully saturated rings. The number of hydrogen-bond donors (Lipinski definition) is 0. The molecule has 1 aliphatic rings. The third-order valence-electron chi connectivity index (χ3n) is 6.70. The van der Waals surface area contributed by atoms with Crippen LogP contribution in [0, 0.1) is 0 Å². The van der Waals surface area contributed by atoms with Gasteiger partial charge in [-0.25, -0.2) is 13.4 Å². The highest BCUT2D eigenvalue weighted by atomic mass is 32.2. The van der Waals surface area contributed by atoms with Crippen LogP contribution >= 0.6 is 0 Å². The molecule has 2 heterocycles. The monoisotopic (exact) mass is 530 g/mol. The minimum atomic E-state index is -3.93. The molecule has 0 amide bonds. The Morgan fingerprint density at radius 1 is 0.895 bits per heavy atom. The molecule has 0 saturated carbocycles. The highest BCUT2D eigenvalue weighted by Gasteiger charge is 2.35. The molecule has 8 heteroatoms. The third-order valence-corrected chi connectivity index (χ3v) is 8.64. The molecule has 1 aromatic heterocycles. The number of benzene rings is 3. The van der Waals surface area contributed by atoms with Gasteiger partial charge in [-0.2, -0.15) is 4.31 Å². The second-order valence-corrected chi connectivity index (χ2v) is 11.0. The topological polar surface area (TPSA) is 78.0 Å². The number of ether oxygens (including phenoxy) is 3. The van der Waals surface area contributed by atoms with E-state index in [9.17, 15) is 8.42 Å². The lowest BCUT2D eigenvalue weighted by Gasteiger charge is -2.34. The van der Waals surface area contributed by atoms with Crippen molar-refractivity contribution in [2.45, 2.75) is 30.5 Å². The van der Waals surface area contributed by atoms with Crippen LogP contribution in [-0.4, -0.2) is 44.6 Å². The van der Waals surface area contributed by atoms with Crippen LogP contribution in [0.4, 0.5) is 0 Å². The molecule has 0 bridgehead atoms. The fourth-order valence-electron chi connectivity index (χ4n) is 4.76. The molecule has 0 saturated heterocycles. The molecule has 1 atom stereocenters. The molecule has 0 spiro atoms. The summed E-state index contributed by atoms with van der Waals surface area (Å²) in [6, 6.07) is 27.7. The Labute approximate surface area is 223 Å². The quantitative estimate of drug-likeness (QED) is 0.331. The first kappa shape index (κ1) is 25.9. The lowest BCUT2D eigenvalue weighted by atomic mass is 10.0. The smallest absolute Gasteiger partial charge is 0.247 e. The summed E-state index contributed by atoms with van der Waals surface area (Å²) in [5.74, 6) is 0.850. The van der Waals surface area contributed by atoms with Gasteiger partial charge in [0.25, 0.3) is 0 Å². The average molecular weight is 531 g/mol. The van der Waals surface area contributed by atoms with Crippen molar-refractivity contribution in [1.82, 2.24) is 9.29 Å². The number of rotatable bonds is 7. The number of sulfonamides is 1. The first-order valence-corrected chi connectivity index (χ1v) is 13.8. The molecule has 5 rings (SSSR count). The second kappa shape index (κ2) is 11.3. The van der Waals surface area contributed by atoms with E-state index in [1.54, 1.807) is 41.7 Å². The highest BCUT2D eigenvalue weighted by Crippen LogP contribution is 2.32. The van der Waals surface area contributed by atoms with Crippen molar-refractivity contribution in [2.24, 2.45) is 0 Å². The summed E-state index contributed by atoms with van der Waals surface area (Å²) in [5.41, 5.74) is 4.60. The fourth-order valence-corrected chi connectivity index (χ4v) is 6.50. The summed E-state index contributed by atoms with van der Waals surface area (Å²) >= 11 is 0. The van der Waals surface area contributed by atoms with E-state index in [2.05, 4.69) is 4.98 Å². The van der Waals surface area contributed by atoms with Crippen molar-refractivity contribution >= 4 is 10.0 Å². The van der Waals surface area contributed by atoms with Crippen molar-refractivity contribution in [3.8, 4) is 22.9 Å². The van der Waals surface area contributed by atoms with Gasteiger partial charge in [-0.15, -0.1) is 0 Å². The van der Waals surface area contributed by atoms with E-state index in [1.165, 1.54) is 7.11 Å². The van der Waals surface area contributed by atoms with Crippen LogP contribution < -0.4 is 9.47 Å². The zero-order valence-electron chi connectivity index (χ0n) is 21.4. The van der Waals surface area contributed by atoms with E-state index in [4.69, 9.17) is 14.2 Å². The standard InChI is InChI=1S/C30H30N2O5S/c1-35-28-14-5-6-15-29(28)38(33,34)32-19-24-10-3-4-11-25(24)20-37-21-26(32)18-22-9-7-12-23(17-22)27-13-8-16-30(31-27)36-2/h3-17,26H,18-21H2,1-2H3. The molecular weight excluding hydrogens is 500 g/mol. The lowest BCUT2D eigenvalue weighted by molar-refractivity contribution is 0.0673. The number of methoxy groups -OCH3 is 2. The van der Waals surface area contributed by atoms with Crippen molar-refractivity contribution in [3.05, 3.63) is 108 Å². The SMILES string of the molecule is COc1cccc(-c2cccc(CC3COCc4ccccc4CN3S(=O)(=O)c3ccccc3OC)c2)n1. The number of hydrogen-bond acceptors (Lipinski definition) is 6. The van der Waals surface area contributed by atoms with Gasteiger partial charge < -0.3 is 14.2 Å². The Bertz CT molecular complexity index is 1520. The van der Waals surface area contributed by atoms with Crippen LogP contribution in [0.15, 0.2) is 95.9 Å². The van der Waals surface area contributed by atoms with E-state index < -0.39 is 16.1 Å². The first-order chi connectivity index (χ1) is 18.5. The van der Waals surface area contributed by atoms with E-state index in [0.29, 0.717) is 24.7 Å². The van der Waals surface area contributed by atoms with E-state index in [1.807, 2.05) is 60.7 Å². The molecule has 1 unspecified atom stereocenters. The molecular formula is C30H30N2O5S. The Morgan fingerprint density at radius 3 is 2.47 bits per heavy atom. The van der Waals surface area contributed by atoms with Crippen molar-refractivity contribution in [3.63, 3.8) is 0 Å². The van der Waals surface area contributed by atoms with Crippen molar-refractivity contribution in [1.29, 1.82) is 0 Å². The van der Waals surface area contributed by atoms with Crippen molar-refractivity contribution in [2.75, 3.05) is 20.8 Å². The summed E-state index contributed by atoms with van der Waals surface area (Å²) in [6.07, 6.45) is 0.467. The van der Waals surface area contributed by atoms with Gasteiger partial charge in [-0.1, -0.05) is 60.7 Å². The average Bonchev–Trinajstić information content (AvgIpc) is 2.95. The Hall–Kier alpha value is -3.72. The molecule has 0 N–H and O–H groups in total. The largest absolute Gasteiger partial charge is 0.495 e. The maximum absolute atomic E-state index is 14.2. The van der Waals surface area contributed by atoms with E-state index in [-0.39, 0.29) is 18.0 Å². The second-order valence-electron chi connectivity index (χ2n) is 9.11. The number of aromatic nitrogens is 1. The van der Waals surface area contributed by atoms with Crippen LogP contribution in [0.3, 0.4) is 0 Å². The zero-order chi connectivity index (χ0) is 26.5. The lowest BCUT2D eigenvalue weighted by Crippen LogP contribution is -2.45. The molecule has 4 aromatic rings. The predicted molar refractivity (Wildman–Crippen MR) is 146 cm³/mol. The Morgan fingerprint density at radius 2 is 1.66 bits per heavy atom. The van der Waals surface area contributed by atoms with Crippen LogP contribution in [-0.2, 0) is 34.3 Å². The predicted octanol–water partition coefficient (Wildman–Crippen LogP) is 5.10. The molecule has 3 aromatic carbocycles. The van der Waals surface area contributed by atoms with Crippen LogP contribution in [0.2, 0.25) is 0 Å². The number of fused-ring (bicyclic) bond motifs is 1. The summed E-state index contributed by atoms with van der Waals surface area (Å²) in [4.78, 5) is 4.69. The van der Waals surface area contributed by atoms with Crippen LogP contribution in [0.25, 0.3) is 11.3 Å². The third kappa shape index (κ3) is 5.43. The number of para-hydroxylation sites is 1. The minimum absolute atomic E-state index is 0.139. The summed E-state index contributed by atoms with van der Waals surface area (Å²) in [6.45, 7) is 0.926. The zero-order valence-corrected chi connectivity index (χ0v) is 22.2. The first-order valence-electron chi connectivity index (χ1n) is 12.4. The summed E-state index contributed by atoms with van der Waals surface area (Å²) in [7, 11) is -0.857. The van der Waals surface area contributed by atoms with Gasteiger partial charge in [0, 0.05) is 18.2 Å². The fraction of sp³-hybridized carbons (Fsp3) is 0.233. The maximum Gasteiger partial charge on any atom is 0.247 e. The van der Waals surface area contributed by atoms with Gasteiger partial charge in [0.2, 0.25) is 15.9 Å². The summed E-state index contributed by atoms with van der Waals surface area (Å²) < 4.78 is 46.7. The van der Waals surface area contributed by atoms with Gasteiger partial charge in [-0.3, -0.25) is 0 Å². The van der Waals surface area contributed by atoms with Crippen LogP contribution in [0.1, 0.15) is 16.7 Å². The molecule has 1 aliphatic heterocycles. The normalized spacial score (nSPS) is 16.2. The Kier molecular flexibility index (Phi) is 7.74. The maximum atomic E-state index is 14.2. The van der Waals surface area contributed by atoms with Crippen LogP contribution in [0.5, 0.6) is 11.6 Å². The van der Waals surface area contributed by atoms with Gasteiger partial charge in [0.15, 0.2) is 0 Å². The van der Waals surface area contributed by atoms with Crippen molar-refractivity contribution < 1.29 is 22.6 Å². The number of nitrogens with zero attached hydrogens (tertiary/aromatic N) is 2. The van der Waals surface area contributed by atoms with Gasteiger partial charge in [0.05, 0.1) is 39.2 Å². The highest BCUT2D eigenvalue weighted by molar-refractivity contribution is 7.89. The van der Waals surface area contributed by atoms with Gasteiger partial charge in [0.1, 0.15) is 10.6 Å².